The summed E-state index contributed by atoms with van der Waals surface area (Å²) in [7, 11) is 0. The highest BCUT2D eigenvalue weighted by atomic mass is 16.5. The Kier molecular flexibility index (Phi) is 5.47. The molecule has 0 aliphatic carbocycles. The predicted octanol–water partition coefficient (Wildman–Crippen LogP) is 0.877. The third-order valence-corrected chi connectivity index (χ3v) is 1.16. The minimum atomic E-state index is -0.425. The monoisotopic (exact) mass is 158 g/mol. The maximum Gasteiger partial charge on any atom is 0.302 e. The number of hydrogen-bond acceptors (Lipinski definition) is 3. The number of carbonyl (C=O) groups excluding carboxylic acids is 1. The molecule has 0 aromatic heterocycles. The van der Waals surface area contributed by atoms with Gasteiger partial charge in [-0.15, -0.1) is 0 Å². The van der Waals surface area contributed by atoms with Crippen LogP contribution in [0.15, 0.2) is 12.2 Å². The number of hydrogen-bond donors (Lipinski definition) is 1. The average molecular weight is 158 g/mol. The molecule has 3 heteroatoms. The van der Waals surface area contributed by atoms with Gasteiger partial charge >= 0.3 is 5.97 Å². The van der Waals surface area contributed by atoms with Crippen LogP contribution in [0.4, 0.5) is 0 Å². The maximum atomic E-state index is 10.2. The molecule has 11 heavy (non-hydrogen) atoms. The van der Waals surface area contributed by atoms with Crippen LogP contribution < -0.4 is 0 Å². The van der Waals surface area contributed by atoms with Gasteiger partial charge in [-0.25, -0.2) is 0 Å². The van der Waals surface area contributed by atoms with Gasteiger partial charge in [0.2, 0.25) is 0 Å². The smallest absolute Gasteiger partial charge is 0.302 e. The van der Waals surface area contributed by atoms with Gasteiger partial charge in [-0.3, -0.25) is 4.79 Å². The van der Waals surface area contributed by atoms with E-state index in [1.54, 1.807) is 12.2 Å². The molecule has 0 amide bonds. The van der Waals surface area contributed by atoms with Crippen LogP contribution in [-0.4, -0.2) is 23.8 Å². The Morgan fingerprint density at radius 3 is 2.82 bits per heavy atom. The second-order valence-corrected chi connectivity index (χ2v) is 2.21. The molecule has 3 nitrogen and oxygen atoms in total. The third-order valence-electron chi connectivity index (χ3n) is 1.16. The van der Waals surface area contributed by atoms with E-state index in [9.17, 15) is 4.79 Å². The van der Waals surface area contributed by atoms with Gasteiger partial charge in [-0.1, -0.05) is 13.0 Å². The molecule has 0 spiro atoms. The van der Waals surface area contributed by atoms with E-state index in [1.807, 2.05) is 6.92 Å². The van der Waals surface area contributed by atoms with Crippen molar-refractivity contribution in [3.8, 4) is 0 Å². The Labute approximate surface area is 66.7 Å². The summed E-state index contributed by atoms with van der Waals surface area (Å²) < 4.78 is 4.60. The normalized spacial score (nSPS) is 13.4. The topological polar surface area (TPSA) is 46.5 Å². The third kappa shape index (κ3) is 7.06. The lowest BCUT2D eigenvalue weighted by Crippen LogP contribution is -2.01. The first-order chi connectivity index (χ1) is 5.16. The second-order valence-electron chi connectivity index (χ2n) is 2.21. The van der Waals surface area contributed by atoms with Crippen LogP contribution >= 0.6 is 0 Å². The lowest BCUT2D eigenvalue weighted by molar-refractivity contribution is -0.139. The summed E-state index contributed by atoms with van der Waals surface area (Å²) in [6.45, 7) is 3.47. The quantitative estimate of drug-likeness (QED) is 0.488. The van der Waals surface area contributed by atoms with Gasteiger partial charge in [0, 0.05) is 6.92 Å². The van der Waals surface area contributed by atoms with Crippen LogP contribution in [0, 0.1) is 0 Å². The molecule has 64 valence electrons. The highest BCUT2D eigenvalue weighted by molar-refractivity contribution is 5.65. The van der Waals surface area contributed by atoms with E-state index < -0.39 is 6.10 Å². The Morgan fingerprint density at radius 1 is 1.73 bits per heavy atom. The van der Waals surface area contributed by atoms with E-state index >= 15 is 0 Å². The fourth-order valence-electron chi connectivity index (χ4n) is 0.514. The van der Waals surface area contributed by atoms with Crippen molar-refractivity contribution >= 4 is 5.97 Å². The van der Waals surface area contributed by atoms with Gasteiger partial charge in [0.25, 0.3) is 0 Å². The summed E-state index contributed by atoms with van der Waals surface area (Å²) in [5.41, 5.74) is 0. The summed E-state index contributed by atoms with van der Waals surface area (Å²) in [6.07, 6.45) is 3.50. The number of ether oxygens (including phenoxy) is 1. The maximum absolute atomic E-state index is 10.2. The molecule has 0 aliphatic heterocycles. The van der Waals surface area contributed by atoms with Crippen molar-refractivity contribution < 1.29 is 14.6 Å². The van der Waals surface area contributed by atoms with Crippen LogP contribution in [0.5, 0.6) is 0 Å². The summed E-state index contributed by atoms with van der Waals surface area (Å²) in [5.74, 6) is -0.305. The molecule has 0 rings (SSSR count). The Balaban J connectivity index is 3.36. The highest BCUT2D eigenvalue weighted by Crippen LogP contribution is 1.91. The van der Waals surface area contributed by atoms with Crippen molar-refractivity contribution in [1.82, 2.24) is 0 Å². The van der Waals surface area contributed by atoms with Crippen molar-refractivity contribution in [2.45, 2.75) is 26.4 Å². The van der Waals surface area contributed by atoms with E-state index in [2.05, 4.69) is 4.74 Å². The zero-order valence-corrected chi connectivity index (χ0v) is 6.91. The Morgan fingerprint density at radius 2 is 2.36 bits per heavy atom. The number of rotatable bonds is 4. The van der Waals surface area contributed by atoms with Crippen LogP contribution in [0.1, 0.15) is 20.3 Å². The van der Waals surface area contributed by atoms with Gasteiger partial charge < -0.3 is 9.84 Å². The second kappa shape index (κ2) is 5.92. The summed E-state index contributed by atoms with van der Waals surface area (Å²) in [6, 6.07) is 0. The van der Waals surface area contributed by atoms with Gasteiger partial charge in [-0.05, 0) is 12.5 Å². The van der Waals surface area contributed by atoms with Crippen molar-refractivity contribution in [1.29, 1.82) is 0 Å². The molecule has 0 unspecified atom stereocenters. The van der Waals surface area contributed by atoms with Gasteiger partial charge in [0.1, 0.15) is 6.61 Å². The van der Waals surface area contributed by atoms with Crippen LogP contribution in [0.3, 0.4) is 0 Å². The zero-order valence-electron chi connectivity index (χ0n) is 6.91. The molecule has 0 radical (unpaired) electrons. The Hall–Kier alpha value is -0.830. The Bertz CT molecular complexity index is 140. The largest absolute Gasteiger partial charge is 0.462 e. The minimum Gasteiger partial charge on any atom is -0.462 e. The first kappa shape index (κ1) is 10.2. The van der Waals surface area contributed by atoms with E-state index in [1.165, 1.54) is 6.92 Å². The average Bonchev–Trinajstić information content (AvgIpc) is 1.97. The molecule has 0 heterocycles. The van der Waals surface area contributed by atoms with E-state index in [-0.39, 0.29) is 12.6 Å². The van der Waals surface area contributed by atoms with Crippen molar-refractivity contribution in [3.63, 3.8) is 0 Å². The van der Waals surface area contributed by atoms with E-state index in [0.29, 0.717) is 6.42 Å². The van der Waals surface area contributed by atoms with E-state index in [0.717, 1.165) is 0 Å². The van der Waals surface area contributed by atoms with Gasteiger partial charge in [0.05, 0.1) is 6.10 Å². The van der Waals surface area contributed by atoms with Crippen molar-refractivity contribution in [3.05, 3.63) is 12.2 Å². The highest BCUT2D eigenvalue weighted by Gasteiger charge is 1.92. The molecule has 0 aromatic rings. The SMILES string of the molecule is CC[C@@H](O)/C=C\COC(C)=O. The summed E-state index contributed by atoms with van der Waals surface area (Å²) in [4.78, 5) is 10.2. The van der Waals surface area contributed by atoms with Crippen molar-refractivity contribution in [2.75, 3.05) is 6.61 Å². The van der Waals surface area contributed by atoms with Gasteiger partial charge in [-0.2, -0.15) is 0 Å². The fraction of sp³-hybridized carbons (Fsp3) is 0.625. The van der Waals surface area contributed by atoms with Crippen molar-refractivity contribution in [2.24, 2.45) is 0 Å². The van der Waals surface area contributed by atoms with Crippen LogP contribution in [0.25, 0.3) is 0 Å². The van der Waals surface area contributed by atoms with Crippen LogP contribution in [-0.2, 0) is 9.53 Å². The molecule has 1 N–H and O–H groups in total. The predicted molar refractivity (Wildman–Crippen MR) is 42.1 cm³/mol. The number of carbonyl (C=O) groups is 1. The number of aliphatic hydroxyl groups is 1. The number of esters is 1. The fourth-order valence-corrected chi connectivity index (χ4v) is 0.514. The minimum absolute atomic E-state index is 0.242. The number of aliphatic hydroxyl groups excluding tert-OH is 1. The molecular weight excluding hydrogens is 144 g/mol. The first-order valence-electron chi connectivity index (χ1n) is 3.65. The lowest BCUT2D eigenvalue weighted by Gasteiger charge is -1.99. The molecule has 0 saturated carbocycles. The van der Waals surface area contributed by atoms with E-state index in [4.69, 9.17) is 5.11 Å². The molecule has 1 atom stereocenters. The standard InChI is InChI=1S/C8H14O3/c1-3-8(10)5-4-6-11-7(2)9/h4-5,8,10H,3,6H2,1-2H3/b5-4-/t8-/m1/s1. The molecule has 0 fully saturated rings. The lowest BCUT2D eigenvalue weighted by atomic mass is 10.2. The summed E-state index contributed by atoms with van der Waals surface area (Å²) in [5, 5.41) is 9.00. The molecule has 0 aromatic carbocycles. The van der Waals surface area contributed by atoms with Crippen LogP contribution in [0.2, 0.25) is 0 Å². The molecule has 0 saturated heterocycles. The zero-order chi connectivity index (χ0) is 8.69. The molecular formula is C8H14O3. The van der Waals surface area contributed by atoms with Gasteiger partial charge in [0.15, 0.2) is 0 Å². The summed E-state index contributed by atoms with van der Waals surface area (Å²) >= 11 is 0. The molecule has 0 bridgehead atoms. The molecule has 0 aliphatic rings. The first-order valence-corrected chi connectivity index (χ1v) is 3.65.